The van der Waals surface area contributed by atoms with E-state index in [0.717, 1.165) is 39.3 Å². The number of carbonyl (C=O) groups is 1. The van der Waals surface area contributed by atoms with Gasteiger partial charge in [0, 0.05) is 6.42 Å². The summed E-state index contributed by atoms with van der Waals surface area (Å²) in [5.41, 5.74) is 0. The van der Waals surface area contributed by atoms with E-state index in [1.807, 2.05) is 0 Å². The van der Waals surface area contributed by atoms with Crippen molar-refractivity contribution in [2.75, 3.05) is 46.1 Å². The summed E-state index contributed by atoms with van der Waals surface area (Å²) in [7, 11) is 0. The Kier molecular flexibility index (Phi) is 33.2. The van der Waals surface area contributed by atoms with Gasteiger partial charge in [0.1, 0.15) is 24.9 Å². The molecule has 0 N–H and O–H groups in total. The minimum atomic E-state index is -0.266. The zero-order valence-corrected chi connectivity index (χ0v) is 35.2. The molecule has 0 aromatic rings. The highest BCUT2D eigenvalue weighted by molar-refractivity contribution is 5.69. The Morgan fingerprint density at radius 2 is 1.02 bits per heavy atom. The van der Waals surface area contributed by atoms with Crippen LogP contribution in [0.3, 0.4) is 0 Å². The van der Waals surface area contributed by atoms with Crippen LogP contribution in [0.15, 0.2) is 0 Å². The van der Waals surface area contributed by atoms with Gasteiger partial charge in [0.15, 0.2) is 0 Å². The molecule has 0 aromatic heterocycles. The van der Waals surface area contributed by atoms with Crippen LogP contribution in [0.5, 0.6) is 0 Å². The van der Waals surface area contributed by atoms with Crippen LogP contribution in [0.4, 0.5) is 0 Å². The first kappa shape index (κ1) is 48.3. The van der Waals surface area contributed by atoms with E-state index in [-0.39, 0.29) is 30.9 Å². The minimum Gasteiger partial charge on any atom is -0.463 e. The maximum atomic E-state index is 12.8. The molecule has 0 saturated carbocycles. The van der Waals surface area contributed by atoms with Crippen LogP contribution in [0.25, 0.3) is 0 Å². The first-order valence-corrected chi connectivity index (χ1v) is 22.7. The first-order chi connectivity index (χ1) is 25.0. The molecule has 1 rings (SSSR count). The maximum absolute atomic E-state index is 12.8. The number of rotatable bonds is 38. The summed E-state index contributed by atoms with van der Waals surface area (Å²) in [5.74, 6) is 1.03. The third kappa shape index (κ3) is 25.9. The molecule has 6 nitrogen and oxygen atoms in total. The van der Waals surface area contributed by atoms with E-state index in [2.05, 4.69) is 46.4 Å². The van der Waals surface area contributed by atoms with Crippen molar-refractivity contribution in [1.82, 2.24) is 4.90 Å². The van der Waals surface area contributed by atoms with Crippen molar-refractivity contribution in [3.63, 3.8) is 0 Å². The van der Waals surface area contributed by atoms with E-state index in [4.69, 9.17) is 18.9 Å². The Labute approximate surface area is 318 Å². The van der Waals surface area contributed by atoms with Crippen LogP contribution < -0.4 is 0 Å². The van der Waals surface area contributed by atoms with Gasteiger partial charge in [0.05, 0.1) is 19.8 Å². The van der Waals surface area contributed by atoms with Gasteiger partial charge in [0.25, 0.3) is 0 Å². The van der Waals surface area contributed by atoms with Gasteiger partial charge in [-0.3, -0.25) is 4.79 Å². The smallest absolute Gasteiger partial charge is 0.305 e. The number of esters is 1. The highest BCUT2D eigenvalue weighted by Gasteiger charge is 2.40. The summed E-state index contributed by atoms with van der Waals surface area (Å²) >= 11 is 0. The molecule has 0 bridgehead atoms. The van der Waals surface area contributed by atoms with Crippen LogP contribution in [-0.4, -0.2) is 75.2 Å². The fraction of sp³-hybridized carbons (Fsp3) is 0.978. The lowest BCUT2D eigenvalue weighted by atomic mass is 9.94. The standard InChI is InChI=1S/C45H89NO5/c1-7-13-17-21-23-27-32-40(30-25-19-15-9-3)36-48-42-38-49-43(39-50-44(47)34-29-35-46(11-5)12-6)45(42)51-37-41(31-26-20-16-10-4)33-28-24-22-18-14-8-2/h40-43,45H,7-39H2,1-6H3/t40?,41?,42-,43+,45+/m0/s1. The SMILES string of the molecule is CCCCCCCCC(CCCCCC)CO[C@@H]1[C@@H](OCC(CCCCCC)CCCCCCCC)CO[C@@H]1COC(=O)CCCN(CC)CC. The van der Waals surface area contributed by atoms with Crippen molar-refractivity contribution in [2.24, 2.45) is 11.8 Å². The fourth-order valence-electron chi connectivity index (χ4n) is 7.66. The van der Waals surface area contributed by atoms with Crippen LogP contribution in [0.1, 0.15) is 208 Å². The van der Waals surface area contributed by atoms with Gasteiger partial charge in [-0.1, -0.05) is 170 Å². The lowest BCUT2D eigenvalue weighted by Crippen LogP contribution is -2.39. The number of unbranched alkanes of at least 4 members (excludes halogenated alkanes) is 16. The van der Waals surface area contributed by atoms with Crippen LogP contribution in [-0.2, 0) is 23.7 Å². The molecule has 304 valence electrons. The summed E-state index contributed by atoms with van der Waals surface area (Å²) in [6.45, 7) is 18.8. The van der Waals surface area contributed by atoms with Crippen molar-refractivity contribution in [1.29, 1.82) is 0 Å². The molecule has 1 aliphatic rings. The van der Waals surface area contributed by atoms with E-state index in [1.54, 1.807) is 0 Å². The molecule has 1 fully saturated rings. The predicted octanol–water partition coefficient (Wildman–Crippen LogP) is 12.5. The molecule has 0 amide bonds. The average Bonchev–Trinajstić information content (AvgIpc) is 3.53. The molecule has 1 saturated heterocycles. The highest BCUT2D eigenvalue weighted by Crippen LogP contribution is 2.27. The molecule has 0 spiro atoms. The van der Waals surface area contributed by atoms with Gasteiger partial charge in [-0.15, -0.1) is 0 Å². The van der Waals surface area contributed by atoms with E-state index in [1.165, 1.54) is 154 Å². The predicted molar refractivity (Wildman–Crippen MR) is 218 cm³/mol. The second-order valence-electron chi connectivity index (χ2n) is 15.9. The molecule has 0 aromatic carbocycles. The molecule has 5 atom stereocenters. The van der Waals surface area contributed by atoms with Crippen LogP contribution in [0, 0.1) is 11.8 Å². The second-order valence-corrected chi connectivity index (χ2v) is 15.9. The third-order valence-electron chi connectivity index (χ3n) is 11.3. The molecule has 1 aliphatic heterocycles. The minimum absolute atomic E-state index is 0.103. The zero-order chi connectivity index (χ0) is 37.2. The first-order valence-electron chi connectivity index (χ1n) is 22.7. The molecule has 6 heteroatoms. The van der Waals surface area contributed by atoms with Crippen molar-refractivity contribution >= 4 is 5.97 Å². The van der Waals surface area contributed by atoms with Crippen molar-refractivity contribution in [3.8, 4) is 0 Å². The quantitative estimate of drug-likeness (QED) is 0.0467. The Bertz CT molecular complexity index is 746. The number of nitrogens with zero attached hydrogens (tertiary/aromatic N) is 1. The Morgan fingerprint density at radius 1 is 0.588 bits per heavy atom. The molecular formula is C45H89NO5. The number of ether oxygens (including phenoxy) is 4. The third-order valence-corrected chi connectivity index (χ3v) is 11.3. The fourth-order valence-corrected chi connectivity index (χ4v) is 7.66. The average molecular weight is 724 g/mol. The van der Waals surface area contributed by atoms with Crippen molar-refractivity contribution in [2.45, 2.75) is 227 Å². The second kappa shape index (κ2) is 35.0. The summed E-state index contributed by atoms with van der Waals surface area (Å²) in [6, 6.07) is 0. The molecular weight excluding hydrogens is 634 g/mol. The molecule has 2 unspecified atom stereocenters. The van der Waals surface area contributed by atoms with Gasteiger partial charge >= 0.3 is 5.97 Å². The van der Waals surface area contributed by atoms with Gasteiger partial charge in [-0.25, -0.2) is 0 Å². The zero-order valence-electron chi connectivity index (χ0n) is 35.2. The lowest BCUT2D eigenvalue weighted by Gasteiger charge is -2.27. The summed E-state index contributed by atoms with van der Waals surface area (Å²) in [6.07, 6.45) is 32.1. The normalized spacial score (nSPS) is 18.8. The summed E-state index contributed by atoms with van der Waals surface area (Å²) < 4.78 is 25.8. The van der Waals surface area contributed by atoms with Crippen LogP contribution in [0.2, 0.25) is 0 Å². The van der Waals surface area contributed by atoms with Crippen molar-refractivity contribution < 1.29 is 23.7 Å². The number of carbonyl (C=O) groups excluding carboxylic acids is 1. The largest absolute Gasteiger partial charge is 0.463 e. The maximum Gasteiger partial charge on any atom is 0.305 e. The Hall–Kier alpha value is -0.690. The summed E-state index contributed by atoms with van der Waals surface area (Å²) in [5, 5.41) is 0. The summed E-state index contributed by atoms with van der Waals surface area (Å²) in [4.78, 5) is 15.1. The Balaban J connectivity index is 2.89. The van der Waals surface area contributed by atoms with E-state index < -0.39 is 0 Å². The number of hydrogen-bond acceptors (Lipinski definition) is 6. The highest BCUT2D eigenvalue weighted by atomic mass is 16.6. The lowest BCUT2D eigenvalue weighted by molar-refractivity contribution is -0.150. The number of hydrogen-bond donors (Lipinski definition) is 0. The van der Waals surface area contributed by atoms with Gasteiger partial charge in [-0.2, -0.15) is 0 Å². The van der Waals surface area contributed by atoms with Gasteiger partial charge in [0.2, 0.25) is 0 Å². The van der Waals surface area contributed by atoms with Crippen molar-refractivity contribution in [3.05, 3.63) is 0 Å². The van der Waals surface area contributed by atoms with Gasteiger partial charge < -0.3 is 23.8 Å². The van der Waals surface area contributed by atoms with E-state index >= 15 is 0 Å². The van der Waals surface area contributed by atoms with Gasteiger partial charge in [-0.05, 0) is 63.6 Å². The molecule has 1 heterocycles. The topological polar surface area (TPSA) is 57.2 Å². The molecule has 0 aliphatic carbocycles. The molecule has 0 radical (unpaired) electrons. The molecule has 51 heavy (non-hydrogen) atoms. The van der Waals surface area contributed by atoms with E-state index in [0.29, 0.717) is 24.9 Å². The Morgan fingerprint density at radius 3 is 1.49 bits per heavy atom. The van der Waals surface area contributed by atoms with Crippen LogP contribution >= 0.6 is 0 Å². The monoisotopic (exact) mass is 724 g/mol. The van der Waals surface area contributed by atoms with E-state index in [9.17, 15) is 4.79 Å².